The Morgan fingerprint density at radius 2 is 1.65 bits per heavy atom. The quantitative estimate of drug-likeness (QED) is 0.475. The number of nitrogens with two attached hydrogens (primary N) is 1. The van der Waals surface area contributed by atoms with Gasteiger partial charge in [-0.3, -0.25) is 0 Å². The molecule has 2 N–H and O–H groups in total. The van der Waals surface area contributed by atoms with Crippen LogP contribution >= 0.6 is 0 Å². The van der Waals surface area contributed by atoms with Gasteiger partial charge in [0.1, 0.15) is 5.82 Å². The van der Waals surface area contributed by atoms with E-state index in [4.69, 9.17) is 14.9 Å². The summed E-state index contributed by atoms with van der Waals surface area (Å²) < 4.78 is 58.0. The molecule has 0 unspecified atom stereocenters. The number of hydrogen-bond donors (Lipinski definition) is 1. The van der Waals surface area contributed by atoms with E-state index in [9.17, 15) is 16.8 Å². The maximum absolute atomic E-state index is 12.8. The van der Waals surface area contributed by atoms with Crippen molar-refractivity contribution >= 4 is 31.1 Å². The van der Waals surface area contributed by atoms with Gasteiger partial charge in [0.25, 0.3) is 0 Å². The zero-order chi connectivity index (χ0) is 24.3. The number of unbranched alkanes of at least 4 members (excludes halogenated alkanes) is 1. The van der Waals surface area contributed by atoms with Crippen molar-refractivity contribution in [2.24, 2.45) is 5.14 Å². The second-order valence-electron chi connectivity index (χ2n) is 8.39. The molecule has 0 amide bonds. The summed E-state index contributed by atoms with van der Waals surface area (Å²) in [6.07, 6.45) is 3.31. The Morgan fingerprint density at radius 3 is 2.29 bits per heavy atom. The molecule has 34 heavy (non-hydrogen) atoms. The molecular formula is C23H30N4O5S2. The lowest BCUT2D eigenvalue weighted by Gasteiger charge is -2.26. The van der Waals surface area contributed by atoms with Crippen LogP contribution in [0.2, 0.25) is 0 Å². The molecule has 2 heterocycles. The van der Waals surface area contributed by atoms with Gasteiger partial charge >= 0.3 is 0 Å². The van der Waals surface area contributed by atoms with Crippen molar-refractivity contribution in [1.82, 2.24) is 13.9 Å². The summed E-state index contributed by atoms with van der Waals surface area (Å²) in [4.78, 5) is 5.03. The highest BCUT2D eigenvalue weighted by atomic mass is 32.2. The number of aromatic nitrogens is 2. The third-order valence-corrected chi connectivity index (χ3v) is 8.85. The molecule has 1 fully saturated rings. The number of benzene rings is 2. The lowest BCUT2D eigenvalue weighted by molar-refractivity contribution is 0.0730. The largest absolute Gasteiger partial charge is 0.379 e. The van der Waals surface area contributed by atoms with Gasteiger partial charge in [0.05, 0.1) is 34.0 Å². The Morgan fingerprint density at radius 1 is 0.971 bits per heavy atom. The van der Waals surface area contributed by atoms with E-state index in [1.807, 2.05) is 12.1 Å². The van der Waals surface area contributed by atoms with Crippen LogP contribution in [-0.4, -0.2) is 57.0 Å². The molecule has 184 valence electrons. The van der Waals surface area contributed by atoms with Gasteiger partial charge in [-0.05, 0) is 48.7 Å². The van der Waals surface area contributed by atoms with E-state index >= 15 is 0 Å². The Hall–Kier alpha value is -2.31. The number of aryl methyl sites for hydroxylation is 3. The topological polar surface area (TPSA) is 125 Å². The fourth-order valence-corrected chi connectivity index (χ4v) is 6.05. The van der Waals surface area contributed by atoms with Crippen LogP contribution in [0, 0.1) is 0 Å². The highest BCUT2D eigenvalue weighted by Gasteiger charge is 2.26. The monoisotopic (exact) mass is 506 g/mol. The number of nitrogens with zero attached hydrogens (tertiary/aromatic N) is 3. The number of sulfonamides is 2. The van der Waals surface area contributed by atoms with E-state index in [1.54, 1.807) is 18.2 Å². The number of ether oxygens (including phenoxy) is 1. The minimum absolute atomic E-state index is 0.0451. The van der Waals surface area contributed by atoms with Gasteiger partial charge in [-0.1, -0.05) is 25.5 Å². The number of hydrogen-bond acceptors (Lipinski definition) is 6. The molecule has 11 heteroatoms. The molecule has 0 aliphatic carbocycles. The molecule has 1 saturated heterocycles. The molecular weight excluding hydrogens is 476 g/mol. The maximum Gasteiger partial charge on any atom is 0.243 e. The van der Waals surface area contributed by atoms with E-state index in [-0.39, 0.29) is 9.79 Å². The molecule has 1 aliphatic rings. The molecule has 3 aromatic rings. The smallest absolute Gasteiger partial charge is 0.243 e. The van der Waals surface area contributed by atoms with Gasteiger partial charge < -0.3 is 9.30 Å². The number of primary sulfonamides is 1. The van der Waals surface area contributed by atoms with Crippen LogP contribution in [0.4, 0.5) is 0 Å². The summed E-state index contributed by atoms with van der Waals surface area (Å²) in [5.41, 5.74) is 2.48. The van der Waals surface area contributed by atoms with Crippen molar-refractivity contribution in [2.75, 3.05) is 26.3 Å². The Kier molecular flexibility index (Phi) is 7.39. The first-order valence-electron chi connectivity index (χ1n) is 11.4. The summed E-state index contributed by atoms with van der Waals surface area (Å²) in [5.74, 6) is 0.861. The fraction of sp³-hybridized carbons (Fsp3) is 0.435. The molecule has 0 spiro atoms. The Balaban J connectivity index is 1.54. The van der Waals surface area contributed by atoms with Crippen LogP contribution in [0.5, 0.6) is 0 Å². The van der Waals surface area contributed by atoms with Crippen LogP contribution in [0.15, 0.2) is 52.3 Å². The molecule has 0 saturated carbocycles. The Bertz CT molecular complexity index is 1360. The van der Waals surface area contributed by atoms with Crippen molar-refractivity contribution in [1.29, 1.82) is 0 Å². The predicted molar refractivity (Wildman–Crippen MR) is 129 cm³/mol. The first-order chi connectivity index (χ1) is 16.2. The van der Waals surface area contributed by atoms with E-state index in [0.29, 0.717) is 44.7 Å². The van der Waals surface area contributed by atoms with Gasteiger partial charge in [0, 0.05) is 26.1 Å². The average molecular weight is 507 g/mol. The van der Waals surface area contributed by atoms with Crippen LogP contribution in [0.1, 0.15) is 31.2 Å². The summed E-state index contributed by atoms with van der Waals surface area (Å²) in [6, 6.07) is 11.8. The number of rotatable bonds is 9. The number of morpholine rings is 1. The highest BCUT2D eigenvalue weighted by Crippen LogP contribution is 2.23. The molecule has 4 rings (SSSR count). The van der Waals surface area contributed by atoms with Crippen molar-refractivity contribution < 1.29 is 21.6 Å². The third kappa shape index (κ3) is 5.33. The summed E-state index contributed by atoms with van der Waals surface area (Å²) in [5, 5.41) is 5.28. The van der Waals surface area contributed by atoms with Gasteiger partial charge in [-0.2, -0.15) is 4.31 Å². The molecule has 9 nitrogen and oxygen atoms in total. The maximum atomic E-state index is 12.8. The van der Waals surface area contributed by atoms with Crippen LogP contribution in [-0.2, 0) is 44.2 Å². The second kappa shape index (κ2) is 10.1. The van der Waals surface area contributed by atoms with E-state index in [2.05, 4.69) is 11.5 Å². The van der Waals surface area contributed by atoms with Crippen molar-refractivity contribution in [3.05, 3.63) is 53.9 Å². The zero-order valence-electron chi connectivity index (χ0n) is 19.2. The minimum atomic E-state index is -3.80. The Labute approximate surface area is 200 Å². The first-order valence-corrected chi connectivity index (χ1v) is 14.4. The molecule has 0 atom stereocenters. The van der Waals surface area contributed by atoms with Gasteiger partial charge in [0.2, 0.25) is 20.0 Å². The number of imidazole rings is 1. The molecule has 0 radical (unpaired) electrons. The van der Waals surface area contributed by atoms with Crippen molar-refractivity contribution in [3.63, 3.8) is 0 Å². The first kappa shape index (κ1) is 24.8. The average Bonchev–Trinajstić information content (AvgIpc) is 3.18. The van der Waals surface area contributed by atoms with Crippen LogP contribution in [0.25, 0.3) is 11.0 Å². The van der Waals surface area contributed by atoms with Gasteiger partial charge in [0.15, 0.2) is 0 Å². The second-order valence-corrected chi connectivity index (χ2v) is 11.9. The fourth-order valence-electron chi connectivity index (χ4n) is 4.11. The molecule has 2 aromatic carbocycles. The van der Waals surface area contributed by atoms with E-state index in [1.165, 1.54) is 16.4 Å². The van der Waals surface area contributed by atoms with E-state index in [0.717, 1.165) is 36.3 Å². The minimum Gasteiger partial charge on any atom is -0.379 e. The number of fused-ring (bicyclic) bond motifs is 1. The van der Waals surface area contributed by atoms with Crippen molar-refractivity contribution in [3.8, 4) is 0 Å². The van der Waals surface area contributed by atoms with Crippen LogP contribution < -0.4 is 5.14 Å². The lowest BCUT2D eigenvalue weighted by Crippen LogP contribution is -2.40. The molecule has 1 aromatic heterocycles. The van der Waals surface area contributed by atoms with Crippen molar-refractivity contribution in [2.45, 2.75) is 48.9 Å². The predicted octanol–water partition coefficient (Wildman–Crippen LogP) is 2.29. The zero-order valence-corrected chi connectivity index (χ0v) is 20.8. The summed E-state index contributed by atoms with van der Waals surface area (Å²) in [6.45, 7) is 4.46. The van der Waals surface area contributed by atoms with Gasteiger partial charge in [-0.25, -0.2) is 27.0 Å². The third-order valence-electron chi connectivity index (χ3n) is 6.03. The SMILES string of the molecule is CCCCn1c(CCc2ccc(S(=O)(=O)N3CCOCC3)cc2)nc2cc(S(N)(=O)=O)ccc21. The summed E-state index contributed by atoms with van der Waals surface area (Å²) >= 11 is 0. The molecule has 1 aliphatic heterocycles. The van der Waals surface area contributed by atoms with Crippen LogP contribution in [0.3, 0.4) is 0 Å². The van der Waals surface area contributed by atoms with Gasteiger partial charge in [-0.15, -0.1) is 0 Å². The lowest BCUT2D eigenvalue weighted by atomic mass is 10.1. The summed E-state index contributed by atoms with van der Waals surface area (Å²) in [7, 11) is -7.32. The normalized spacial score (nSPS) is 15.7. The standard InChI is InChI=1S/C23H30N4O5S2/c1-2-3-12-27-22-10-9-20(33(24,28)29)17-21(22)25-23(27)11-6-18-4-7-19(8-5-18)34(30,31)26-13-15-32-16-14-26/h4-5,7-10,17H,2-3,6,11-16H2,1H3,(H2,24,28,29). The molecule has 0 bridgehead atoms. The highest BCUT2D eigenvalue weighted by molar-refractivity contribution is 7.89. The van der Waals surface area contributed by atoms with E-state index < -0.39 is 20.0 Å².